The van der Waals surface area contributed by atoms with Gasteiger partial charge in [0.05, 0.1) is 12.1 Å². The second-order valence-corrected chi connectivity index (χ2v) is 8.29. The minimum absolute atomic E-state index is 0.0570. The molecule has 1 amide bonds. The summed E-state index contributed by atoms with van der Waals surface area (Å²) in [7, 11) is 0. The smallest absolute Gasteiger partial charge is 0.239 e. The van der Waals surface area contributed by atoms with Crippen molar-refractivity contribution < 1.29 is 4.79 Å². The van der Waals surface area contributed by atoms with Crippen molar-refractivity contribution in [3.63, 3.8) is 0 Å². The number of nitrogens with zero attached hydrogens (tertiary/aromatic N) is 2. The quantitative estimate of drug-likeness (QED) is 0.665. The number of nitriles is 1. The van der Waals surface area contributed by atoms with Gasteiger partial charge in [-0.1, -0.05) is 49.1 Å². The summed E-state index contributed by atoms with van der Waals surface area (Å²) in [6.45, 7) is 6.12. The third kappa shape index (κ3) is 4.66. The molecule has 1 aliphatic carbocycles. The third-order valence-corrected chi connectivity index (χ3v) is 6.35. The second-order valence-electron chi connectivity index (χ2n) is 7.88. The Morgan fingerprint density at radius 1 is 1.28 bits per heavy atom. The van der Waals surface area contributed by atoms with Gasteiger partial charge in [0.15, 0.2) is 0 Å². The molecule has 1 fully saturated rings. The Bertz CT molecular complexity index is 922. The van der Waals surface area contributed by atoms with Crippen molar-refractivity contribution in [2.45, 2.75) is 65.0 Å². The molecule has 2 N–H and O–H groups in total. The molecular weight excluding hydrogens is 384 g/mol. The molecule has 154 valence electrons. The predicted molar refractivity (Wildman–Crippen MR) is 117 cm³/mol. The molecule has 0 bridgehead atoms. The Balaban J connectivity index is 1.75. The molecule has 1 aromatic heterocycles. The van der Waals surface area contributed by atoms with Crippen LogP contribution in [0.2, 0.25) is 5.02 Å². The fourth-order valence-corrected chi connectivity index (χ4v) is 4.54. The molecule has 5 nitrogen and oxygen atoms in total. The molecule has 1 aromatic carbocycles. The van der Waals surface area contributed by atoms with Gasteiger partial charge >= 0.3 is 0 Å². The van der Waals surface area contributed by atoms with Gasteiger partial charge in [-0.25, -0.2) is 0 Å². The first kappa shape index (κ1) is 21.4. The number of halogens is 1. The summed E-state index contributed by atoms with van der Waals surface area (Å²) >= 11 is 6.25. The van der Waals surface area contributed by atoms with Gasteiger partial charge < -0.3 is 15.2 Å². The number of amides is 1. The van der Waals surface area contributed by atoms with Gasteiger partial charge in [-0.2, -0.15) is 5.26 Å². The Hall–Kier alpha value is -2.29. The number of benzene rings is 1. The van der Waals surface area contributed by atoms with Crippen LogP contribution in [0, 0.1) is 25.2 Å². The van der Waals surface area contributed by atoms with E-state index in [1.165, 1.54) is 19.3 Å². The lowest BCUT2D eigenvalue weighted by molar-refractivity contribution is -0.115. The Morgan fingerprint density at radius 2 is 1.97 bits per heavy atom. The van der Waals surface area contributed by atoms with Crippen LogP contribution in [-0.4, -0.2) is 17.0 Å². The van der Waals surface area contributed by atoms with Crippen LogP contribution in [0.4, 0.5) is 5.82 Å². The number of rotatable bonds is 6. The first-order valence-corrected chi connectivity index (χ1v) is 10.7. The van der Waals surface area contributed by atoms with Crippen molar-refractivity contribution in [2.75, 3.05) is 11.9 Å². The van der Waals surface area contributed by atoms with Crippen molar-refractivity contribution in [2.24, 2.45) is 0 Å². The zero-order chi connectivity index (χ0) is 21.0. The minimum atomic E-state index is -0.157. The van der Waals surface area contributed by atoms with E-state index < -0.39 is 0 Å². The summed E-state index contributed by atoms with van der Waals surface area (Å²) in [6.07, 6.45) is 5.81. The van der Waals surface area contributed by atoms with Crippen molar-refractivity contribution in [3.05, 3.63) is 51.7 Å². The highest BCUT2D eigenvalue weighted by Gasteiger charge is 2.26. The molecule has 3 rings (SSSR count). The van der Waals surface area contributed by atoms with Crippen LogP contribution in [0.3, 0.4) is 0 Å². The van der Waals surface area contributed by atoms with E-state index in [2.05, 4.69) is 21.3 Å². The SMILES string of the molecule is Cc1c(C#N)c(NC(=O)CNC(C)c2ccccc2Cl)n(C2CCCCC2)c1C. The number of anilines is 1. The zero-order valence-corrected chi connectivity index (χ0v) is 18.1. The minimum Gasteiger partial charge on any atom is -0.327 e. The van der Waals surface area contributed by atoms with Gasteiger partial charge in [0.2, 0.25) is 5.91 Å². The number of hydrogen-bond donors (Lipinski definition) is 2. The van der Waals surface area contributed by atoms with Crippen molar-refractivity contribution in [3.8, 4) is 6.07 Å². The highest BCUT2D eigenvalue weighted by atomic mass is 35.5. The molecule has 1 atom stereocenters. The standard InChI is InChI=1S/C23H29ClN4O/c1-15-17(3)28(18-9-5-4-6-10-18)23(20(15)13-25)27-22(29)14-26-16(2)19-11-7-8-12-21(19)24/h7-8,11-12,16,18,26H,4-6,9-10,14H2,1-3H3,(H,27,29). The van der Waals surface area contributed by atoms with Gasteiger partial charge in [0.1, 0.15) is 11.9 Å². The predicted octanol–water partition coefficient (Wildman–Crippen LogP) is 5.42. The number of hydrogen-bond acceptors (Lipinski definition) is 3. The Morgan fingerprint density at radius 3 is 2.62 bits per heavy atom. The lowest BCUT2D eigenvalue weighted by Crippen LogP contribution is -2.31. The Kier molecular flexibility index (Phi) is 7.00. The molecule has 0 radical (unpaired) electrons. The summed E-state index contributed by atoms with van der Waals surface area (Å²) in [5.74, 6) is 0.488. The first-order valence-electron chi connectivity index (χ1n) is 10.3. The van der Waals surface area contributed by atoms with E-state index in [4.69, 9.17) is 11.6 Å². The largest absolute Gasteiger partial charge is 0.327 e. The van der Waals surface area contributed by atoms with Crippen LogP contribution < -0.4 is 10.6 Å². The number of carbonyl (C=O) groups is 1. The molecule has 1 unspecified atom stereocenters. The molecule has 1 heterocycles. The van der Waals surface area contributed by atoms with E-state index in [-0.39, 0.29) is 18.5 Å². The summed E-state index contributed by atoms with van der Waals surface area (Å²) in [5.41, 5.74) is 3.55. The zero-order valence-electron chi connectivity index (χ0n) is 17.4. The lowest BCUT2D eigenvalue weighted by atomic mass is 9.95. The average Bonchev–Trinajstić information content (AvgIpc) is 2.96. The number of nitrogens with one attached hydrogen (secondary N) is 2. The van der Waals surface area contributed by atoms with Crippen molar-refractivity contribution in [1.82, 2.24) is 9.88 Å². The normalized spacial score (nSPS) is 15.7. The van der Waals surface area contributed by atoms with E-state index in [0.29, 0.717) is 22.4 Å². The summed E-state index contributed by atoms with van der Waals surface area (Å²) in [6, 6.07) is 10.2. The fourth-order valence-electron chi connectivity index (χ4n) is 4.24. The van der Waals surface area contributed by atoms with Crippen molar-refractivity contribution >= 4 is 23.3 Å². The third-order valence-electron chi connectivity index (χ3n) is 6.01. The molecule has 6 heteroatoms. The van der Waals surface area contributed by atoms with Gasteiger partial charge in [-0.05, 0) is 50.8 Å². The molecule has 29 heavy (non-hydrogen) atoms. The van der Waals surface area contributed by atoms with E-state index in [1.54, 1.807) is 0 Å². The van der Waals surface area contributed by atoms with E-state index in [1.807, 2.05) is 45.0 Å². The highest BCUT2D eigenvalue weighted by molar-refractivity contribution is 6.31. The maximum atomic E-state index is 12.7. The molecule has 2 aromatic rings. The summed E-state index contributed by atoms with van der Waals surface area (Å²) in [4.78, 5) is 12.7. The van der Waals surface area contributed by atoms with E-state index in [9.17, 15) is 10.1 Å². The van der Waals surface area contributed by atoms with Gasteiger partial charge in [-0.15, -0.1) is 0 Å². The summed E-state index contributed by atoms with van der Waals surface area (Å²) in [5, 5.41) is 16.6. The van der Waals surface area contributed by atoms with Crippen LogP contribution in [0.25, 0.3) is 0 Å². The highest BCUT2D eigenvalue weighted by Crippen LogP contribution is 2.36. The molecular formula is C23H29ClN4O. The van der Waals surface area contributed by atoms with Crippen molar-refractivity contribution in [1.29, 1.82) is 5.26 Å². The monoisotopic (exact) mass is 412 g/mol. The lowest BCUT2D eigenvalue weighted by Gasteiger charge is -2.27. The molecule has 0 spiro atoms. The van der Waals surface area contributed by atoms with Crippen LogP contribution in [-0.2, 0) is 4.79 Å². The fraction of sp³-hybridized carbons (Fsp3) is 0.478. The van der Waals surface area contributed by atoms with E-state index in [0.717, 1.165) is 29.7 Å². The average molecular weight is 413 g/mol. The van der Waals surface area contributed by atoms with E-state index >= 15 is 0 Å². The van der Waals surface area contributed by atoms with Gasteiger partial charge in [-0.3, -0.25) is 4.79 Å². The maximum Gasteiger partial charge on any atom is 0.239 e. The van der Waals surface area contributed by atoms with Crippen LogP contribution in [0.15, 0.2) is 24.3 Å². The van der Waals surface area contributed by atoms with Crippen LogP contribution in [0.5, 0.6) is 0 Å². The molecule has 0 aliphatic heterocycles. The van der Waals surface area contributed by atoms with Gasteiger partial charge in [0.25, 0.3) is 0 Å². The molecule has 0 saturated heterocycles. The van der Waals surface area contributed by atoms with Gasteiger partial charge in [0, 0.05) is 22.8 Å². The van der Waals surface area contributed by atoms with Crippen LogP contribution in [0.1, 0.15) is 73.5 Å². The maximum absolute atomic E-state index is 12.7. The van der Waals surface area contributed by atoms with Crippen LogP contribution >= 0.6 is 11.6 Å². The summed E-state index contributed by atoms with van der Waals surface area (Å²) < 4.78 is 2.18. The first-order chi connectivity index (χ1) is 13.9. The topological polar surface area (TPSA) is 69.8 Å². The number of aromatic nitrogens is 1. The molecule has 1 saturated carbocycles. The number of carbonyl (C=O) groups excluding carboxylic acids is 1. The Labute approximate surface area is 178 Å². The molecule has 1 aliphatic rings. The second kappa shape index (κ2) is 9.47.